The van der Waals surface area contributed by atoms with E-state index in [1.165, 1.54) is 469 Å². The number of fused-ring (bicyclic) bond motifs is 6. The molecule has 12 saturated carbocycles. The number of hydrogen-bond donors (Lipinski definition) is 6. The van der Waals surface area contributed by atoms with Crippen molar-refractivity contribution in [3.8, 4) is 0 Å². The van der Waals surface area contributed by atoms with Gasteiger partial charge in [0, 0.05) is 108 Å². The van der Waals surface area contributed by atoms with Crippen LogP contribution in [0, 0.1) is 34.6 Å². The van der Waals surface area contributed by atoms with Crippen molar-refractivity contribution in [3.63, 3.8) is 0 Å². The Labute approximate surface area is 808 Å². The van der Waals surface area contributed by atoms with Crippen LogP contribution >= 0.6 is 0 Å². The highest BCUT2D eigenvalue weighted by atomic mass is 15.2. The van der Waals surface area contributed by atoms with Crippen LogP contribution in [-0.2, 0) is 0 Å². The molecule has 12 aliphatic carbocycles. The molecule has 12 aliphatic rings. The molecule has 0 unspecified atom stereocenters. The summed E-state index contributed by atoms with van der Waals surface area (Å²) in [6, 6.07) is 34.1. The molecule has 726 valence electrons. The minimum Gasteiger partial charge on any atom is -0.367 e. The molecular weight excluding hydrogens is 1660 g/mol. The topological polar surface area (TPSA) is 176 Å². The Morgan fingerprint density at radius 1 is 0.215 bits per heavy atom. The summed E-state index contributed by atoms with van der Waals surface area (Å²) in [6.45, 7) is 10.9. The number of pyridine rings is 6. The highest BCUT2D eigenvalue weighted by Crippen LogP contribution is 2.46. The Morgan fingerprint density at radius 2 is 0.496 bits per heavy atom. The van der Waals surface area contributed by atoms with Gasteiger partial charge in [-0.05, 0) is 266 Å². The third kappa shape index (κ3) is 23.4. The third-order valence-corrected chi connectivity index (χ3v) is 33.9. The number of rotatable bonds is 18. The Morgan fingerprint density at radius 3 is 0.874 bits per heavy atom. The monoisotopic (exact) mass is 1830 g/mol. The summed E-state index contributed by atoms with van der Waals surface area (Å²) in [7, 11) is 0. The van der Waals surface area contributed by atoms with Crippen LogP contribution in [0.2, 0.25) is 0 Å². The molecule has 0 aliphatic heterocycles. The van der Waals surface area contributed by atoms with E-state index in [1.807, 2.05) is 0 Å². The van der Waals surface area contributed by atoms with E-state index in [4.69, 9.17) is 29.9 Å². The summed E-state index contributed by atoms with van der Waals surface area (Å²) in [5, 5.41) is 23.3. The summed E-state index contributed by atoms with van der Waals surface area (Å²) in [5.41, 5.74) is 21.2. The maximum atomic E-state index is 5.10. The third-order valence-electron chi connectivity index (χ3n) is 33.9. The normalized spacial score (nSPS) is 20.9. The van der Waals surface area contributed by atoms with Gasteiger partial charge in [0.25, 0.3) is 0 Å². The van der Waals surface area contributed by atoms with Crippen LogP contribution in [0.5, 0.6) is 0 Å². The minimum atomic E-state index is 0.630. The molecule has 12 aromatic rings. The van der Waals surface area contributed by atoms with E-state index in [-0.39, 0.29) is 0 Å². The molecule has 18 heteroatoms. The van der Waals surface area contributed by atoms with Crippen molar-refractivity contribution in [1.29, 1.82) is 0 Å². The van der Waals surface area contributed by atoms with Gasteiger partial charge in [0.2, 0.25) is 0 Å². The first-order valence-corrected chi connectivity index (χ1v) is 56.0. The van der Waals surface area contributed by atoms with Crippen molar-refractivity contribution in [2.24, 2.45) is 0 Å². The summed E-state index contributed by atoms with van der Waals surface area (Å²) >= 11 is 0. The summed E-state index contributed by atoms with van der Waals surface area (Å²) in [4.78, 5) is 30.3. The van der Waals surface area contributed by atoms with Gasteiger partial charge in [0.15, 0.2) is 0 Å². The van der Waals surface area contributed by atoms with Gasteiger partial charge in [-0.3, -0.25) is 26.4 Å². The second-order valence-corrected chi connectivity index (χ2v) is 44.2. The quantitative estimate of drug-likeness (QED) is 0.0480. The van der Waals surface area contributed by atoms with Crippen LogP contribution in [0.25, 0.3) is 33.9 Å². The van der Waals surface area contributed by atoms with E-state index in [2.05, 4.69) is 209 Å². The van der Waals surface area contributed by atoms with Gasteiger partial charge >= 0.3 is 0 Å². The molecule has 18 nitrogen and oxygen atoms in total. The molecule has 12 heterocycles. The Hall–Kier alpha value is -9.06. The molecule has 24 rings (SSSR count). The number of hydrogen-bond acceptors (Lipinski definition) is 12. The zero-order valence-electron chi connectivity index (χ0n) is 83.8. The molecule has 6 N–H and O–H groups in total. The molecule has 0 saturated heterocycles. The van der Waals surface area contributed by atoms with Crippen LogP contribution in [0.15, 0.2) is 116 Å². The van der Waals surface area contributed by atoms with E-state index in [1.54, 1.807) is 0 Å². The Kier molecular flexibility index (Phi) is 32.8. The van der Waals surface area contributed by atoms with Gasteiger partial charge in [-0.2, -0.15) is 0 Å². The van der Waals surface area contributed by atoms with Crippen LogP contribution in [0.3, 0.4) is 0 Å². The van der Waals surface area contributed by atoms with Crippen LogP contribution in [0.1, 0.15) is 470 Å². The van der Waals surface area contributed by atoms with Gasteiger partial charge in [0.05, 0.1) is 34.2 Å². The van der Waals surface area contributed by atoms with E-state index >= 15 is 0 Å². The predicted octanol–water partition coefficient (Wildman–Crippen LogP) is 31.5. The number of nitrogens with zero attached hydrogens (tertiary/aromatic N) is 12. The minimum absolute atomic E-state index is 0.630. The molecule has 12 aromatic heterocycles. The first-order chi connectivity index (χ1) is 66.5. The molecule has 12 fully saturated rings. The van der Waals surface area contributed by atoms with Crippen molar-refractivity contribution >= 4 is 68.8 Å². The highest BCUT2D eigenvalue weighted by Gasteiger charge is 2.34. The molecule has 135 heavy (non-hydrogen) atoms. The van der Waals surface area contributed by atoms with Crippen molar-refractivity contribution in [3.05, 3.63) is 178 Å². The van der Waals surface area contributed by atoms with E-state index in [0.717, 1.165) is 33.9 Å². The molecule has 0 amide bonds. The van der Waals surface area contributed by atoms with Gasteiger partial charge < -0.3 is 31.9 Å². The maximum Gasteiger partial charge on any atom is 0.141 e. The number of nitrogens with one attached hydrogen (secondary N) is 6. The molecular formula is C117H168N18. The largest absolute Gasteiger partial charge is 0.367 e. The number of aryl methyl sites for hydroxylation is 5. The number of aromatic nitrogens is 12. The van der Waals surface area contributed by atoms with Gasteiger partial charge in [-0.25, -0.2) is 29.9 Å². The summed E-state index contributed by atoms with van der Waals surface area (Å²) in [6.07, 6.45) is 89.1. The second kappa shape index (κ2) is 46.6. The zero-order valence-corrected chi connectivity index (χ0v) is 83.8. The Balaban J connectivity index is 0.000000104. The fourth-order valence-electron chi connectivity index (χ4n) is 26.2. The molecule has 0 atom stereocenters. The van der Waals surface area contributed by atoms with E-state index in [0.29, 0.717) is 71.8 Å². The van der Waals surface area contributed by atoms with Crippen LogP contribution in [-0.4, -0.2) is 92.6 Å². The lowest BCUT2D eigenvalue weighted by molar-refractivity contribution is 0.435. The Bertz CT molecular complexity index is 5640. The van der Waals surface area contributed by atoms with Crippen molar-refractivity contribution in [1.82, 2.24) is 56.3 Å². The number of anilines is 6. The first-order valence-electron chi connectivity index (χ1n) is 56.0. The van der Waals surface area contributed by atoms with Crippen molar-refractivity contribution in [2.75, 3.05) is 31.9 Å². The molecule has 0 spiro atoms. The SMILES string of the molecule is Cc1ccc2nc(C3CCCCC3)c(NC3CCCCC3)n2c1.Cc1cccc2nc(C3CCCCC3)c(NC3CCCCC3)n12.Cc1cccn2c(NC3CCCC3)c(C3CCCCC3)nc12.Cc1cccn2c(NC3CCCCC3)c(C3CCCCC3)nc12.Cc1ccn2c(NC3CCCCC3)c(C3CCCCC3)nc2c1.c1ccn2c(NC3CCCC3)c(C3CCCCC3)nc2c1. The van der Waals surface area contributed by atoms with Crippen molar-refractivity contribution in [2.45, 2.75) is 479 Å². The van der Waals surface area contributed by atoms with Crippen molar-refractivity contribution < 1.29 is 0 Å². The zero-order chi connectivity index (χ0) is 91.6. The lowest BCUT2D eigenvalue weighted by Crippen LogP contribution is -2.24. The van der Waals surface area contributed by atoms with E-state index < -0.39 is 0 Å². The van der Waals surface area contributed by atoms with Crippen LogP contribution in [0.4, 0.5) is 34.9 Å². The van der Waals surface area contributed by atoms with Gasteiger partial charge in [0.1, 0.15) is 68.8 Å². The second-order valence-electron chi connectivity index (χ2n) is 44.2. The molecule has 0 bridgehead atoms. The fourth-order valence-corrected chi connectivity index (χ4v) is 26.2. The fraction of sp³-hybridized carbons (Fsp3) is 0.641. The van der Waals surface area contributed by atoms with E-state index in [9.17, 15) is 0 Å². The average Bonchev–Trinajstić information content (AvgIpc) is 1.71. The molecule has 0 radical (unpaired) electrons. The molecule has 0 aromatic carbocycles. The predicted molar refractivity (Wildman–Crippen MR) is 564 cm³/mol. The van der Waals surface area contributed by atoms with Gasteiger partial charge in [-0.15, -0.1) is 0 Å². The first kappa shape index (κ1) is 94.9. The smallest absolute Gasteiger partial charge is 0.141 e. The summed E-state index contributed by atoms with van der Waals surface area (Å²) in [5.74, 6) is 11.6. The lowest BCUT2D eigenvalue weighted by Gasteiger charge is -2.26. The highest BCUT2D eigenvalue weighted by molar-refractivity contribution is 5.65. The average molecular weight is 1830 g/mol. The maximum absolute atomic E-state index is 5.10. The standard InChI is InChI=1S/4C20H29N3.C19H27N3.C18H25N3/c1-15-9-8-14-23-19(15)22-18(16-10-4-2-5-11-16)20(23)21-17-12-6-3-7-13-17;1-15-9-8-14-18-22-19(16-10-4-2-5-11-16)20(23(15)18)21-17-12-6-3-7-13-17;1-15-12-13-23-18(14-15)22-19(16-8-4-2-5-9-16)20(23)21-17-10-6-3-7-11-17;1-15-12-13-18-22-19(16-8-4-2-5-9-16)20(23(18)14-15)21-17-10-6-3-7-11-17;1-14-8-7-13-22-18(14)21-17(15-9-3-2-4-10-15)19(22)20-16-11-5-6-12-16;1-2-8-14(9-3-1)17-18(19-15-10-4-5-11-15)21-13-7-6-12-16(21)20-17/h2*8-9,14,16-17,21H,2-7,10-13H2,1H3;2*12-14,16-17,21H,2-11H2,1H3;7-8,13,15-16,20H,2-6,9-12H2,1H3;6-7,12-15,19H,1-5,8-11H2. The number of imidazole rings is 6. The lowest BCUT2D eigenvalue weighted by atomic mass is 9.86. The van der Waals surface area contributed by atoms with Gasteiger partial charge in [-0.1, -0.05) is 249 Å². The summed E-state index contributed by atoms with van der Waals surface area (Å²) < 4.78 is 13.9. The van der Waals surface area contributed by atoms with Crippen LogP contribution < -0.4 is 31.9 Å².